The van der Waals surface area contributed by atoms with E-state index in [9.17, 15) is 0 Å². The molecule has 1 aliphatic carbocycles. The number of hydrogen-bond acceptors (Lipinski definition) is 5. The quantitative estimate of drug-likeness (QED) is 0.647. The number of fused-ring (bicyclic) bond motifs is 2. The molecule has 2 aromatic heterocycles. The molecule has 2 aliphatic rings. The standard InChI is InChI=1S/C22H24N2O2S/c1-2-4-15(5-3-1)11-23-12-18-8-17-9-20-21(26-14-25-20)10-19(17)24-22(18)16-6-7-27-13-16/h6-10,13,15,23H,1-5,11-12,14H2. The van der Waals surface area contributed by atoms with E-state index in [1.807, 2.05) is 12.1 Å². The highest BCUT2D eigenvalue weighted by atomic mass is 32.1. The lowest BCUT2D eigenvalue weighted by Crippen LogP contribution is -2.24. The van der Waals surface area contributed by atoms with Crippen LogP contribution in [0.2, 0.25) is 0 Å². The smallest absolute Gasteiger partial charge is 0.231 e. The number of pyridine rings is 1. The molecule has 4 nitrogen and oxygen atoms in total. The number of nitrogens with one attached hydrogen (secondary N) is 1. The molecule has 1 fully saturated rings. The van der Waals surface area contributed by atoms with E-state index < -0.39 is 0 Å². The van der Waals surface area contributed by atoms with Crippen LogP contribution in [-0.2, 0) is 6.54 Å². The van der Waals surface area contributed by atoms with Crippen LogP contribution in [0, 0.1) is 5.92 Å². The number of aromatic nitrogens is 1. The molecule has 3 aromatic rings. The van der Waals surface area contributed by atoms with Crippen molar-refractivity contribution < 1.29 is 9.47 Å². The summed E-state index contributed by atoms with van der Waals surface area (Å²) in [4.78, 5) is 4.99. The van der Waals surface area contributed by atoms with Gasteiger partial charge in [0.1, 0.15) is 0 Å². The summed E-state index contributed by atoms with van der Waals surface area (Å²) < 4.78 is 11.1. The van der Waals surface area contributed by atoms with Crippen molar-refractivity contribution in [2.24, 2.45) is 5.92 Å². The van der Waals surface area contributed by atoms with Gasteiger partial charge in [-0.25, -0.2) is 4.98 Å². The second kappa shape index (κ2) is 7.49. The van der Waals surface area contributed by atoms with Gasteiger partial charge in [0.15, 0.2) is 11.5 Å². The highest BCUT2D eigenvalue weighted by molar-refractivity contribution is 7.08. The van der Waals surface area contributed by atoms with Crippen molar-refractivity contribution in [2.45, 2.75) is 38.6 Å². The van der Waals surface area contributed by atoms with Gasteiger partial charge in [0.25, 0.3) is 0 Å². The zero-order valence-corrected chi connectivity index (χ0v) is 16.2. The highest BCUT2D eigenvalue weighted by Crippen LogP contribution is 2.37. The first-order valence-electron chi connectivity index (χ1n) is 9.83. The summed E-state index contributed by atoms with van der Waals surface area (Å²) in [5.74, 6) is 2.42. The van der Waals surface area contributed by atoms with Gasteiger partial charge in [-0.3, -0.25) is 0 Å². The van der Waals surface area contributed by atoms with E-state index in [1.54, 1.807) is 11.3 Å². The van der Waals surface area contributed by atoms with Crippen molar-refractivity contribution in [1.82, 2.24) is 10.3 Å². The molecule has 1 aliphatic heterocycles. The summed E-state index contributed by atoms with van der Waals surface area (Å²) in [6.45, 7) is 2.24. The number of rotatable bonds is 5. The van der Waals surface area contributed by atoms with E-state index >= 15 is 0 Å². The summed E-state index contributed by atoms with van der Waals surface area (Å²) in [5, 5.41) is 9.09. The third kappa shape index (κ3) is 3.54. The highest BCUT2D eigenvalue weighted by Gasteiger charge is 2.18. The fourth-order valence-electron chi connectivity index (χ4n) is 4.19. The largest absolute Gasteiger partial charge is 0.454 e. The maximum atomic E-state index is 5.55. The molecule has 140 valence electrons. The molecule has 5 rings (SSSR count). The zero-order valence-electron chi connectivity index (χ0n) is 15.4. The number of ether oxygens (including phenoxy) is 2. The minimum absolute atomic E-state index is 0.291. The predicted octanol–water partition coefficient (Wildman–Crippen LogP) is 5.36. The van der Waals surface area contributed by atoms with Crippen LogP contribution in [0.1, 0.15) is 37.7 Å². The average molecular weight is 381 g/mol. The SMILES string of the molecule is c1cc(-c2nc3cc4c(cc3cc2CNCC2CCCCC2)OCO4)cs1. The van der Waals surface area contributed by atoms with Crippen molar-refractivity contribution in [3.05, 3.63) is 40.6 Å². The van der Waals surface area contributed by atoms with Gasteiger partial charge in [-0.2, -0.15) is 11.3 Å². The Bertz CT molecular complexity index is 933. The molecule has 1 saturated carbocycles. The van der Waals surface area contributed by atoms with Gasteiger partial charge < -0.3 is 14.8 Å². The fourth-order valence-corrected chi connectivity index (χ4v) is 4.83. The van der Waals surface area contributed by atoms with Crippen LogP contribution in [0.15, 0.2) is 35.0 Å². The lowest BCUT2D eigenvalue weighted by atomic mass is 9.89. The summed E-state index contributed by atoms with van der Waals surface area (Å²) in [6.07, 6.45) is 6.91. The van der Waals surface area contributed by atoms with Gasteiger partial charge in [0.2, 0.25) is 6.79 Å². The Kier molecular flexibility index (Phi) is 4.72. The minimum Gasteiger partial charge on any atom is -0.454 e. The molecule has 0 spiro atoms. The second-order valence-electron chi connectivity index (χ2n) is 7.54. The van der Waals surface area contributed by atoms with Gasteiger partial charge in [-0.15, -0.1) is 0 Å². The van der Waals surface area contributed by atoms with E-state index in [0.717, 1.165) is 47.1 Å². The van der Waals surface area contributed by atoms with Gasteiger partial charge in [-0.1, -0.05) is 19.3 Å². The van der Waals surface area contributed by atoms with Crippen LogP contribution in [0.4, 0.5) is 0 Å². The van der Waals surface area contributed by atoms with Crippen LogP contribution in [0.3, 0.4) is 0 Å². The number of thiophene rings is 1. The monoisotopic (exact) mass is 380 g/mol. The first-order chi connectivity index (χ1) is 13.4. The number of nitrogens with zero attached hydrogens (tertiary/aromatic N) is 1. The molecular formula is C22H24N2O2S. The molecular weight excluding hydrogens is 356 g/mol. The summed E-state index contributed by atoms with van der Waals surface area (Å²) in [6, 6.07) is 8.45. The Labute approximate surface area is 163 Å². The summed E-state index contributed by atoms with van der Waals surface area (Å²) in [5.41, 5.74) is 4.46. The van der Waals surface area contributed by atoms with Crippen molar-refractivity contribution >= 4 is 22.2 Å². The molecule has 1 aromatic carbocycles. The van der Waals surface area contributed by atoms with E-state index in [2.05, 4.69) is 28.2 Å². The molecule has 0 amide bonds. The minimum atomic E-state index is 0.291. The topological polar surface area (TPSA) is 43.4 Å². The first kappa shape index (κ1) is 17.0. The van der Waals surface area contributed by atoms with Crippen LogP contribution < -0.4 is 14.8 Å². The van der Waals surface area contributed by atoms with E-state index in [4.69, 9.17) is 14.5 Å². The van der Waals surface area contributed by atoms with Gasteiger partial charge in [0.05, 0.1) is 11.2 Å². The summed E-state index contributed by atoms with van der Waals surface area (Å²) >= 11 is 1.71. The van der Waals surface area contributed by atoms with Gasteiger partial charge in [0, 0.05) is 28.9 Å². The maximum Gasteiger partial charge on any atom is 0.231 e. The van der Waals surface area contributed by atoms with E-state index in [1.165, 1.54) is 43.2 Å². The summed E-state index contributed by atoms with van der Waals surface area (Å²) in [7, 11) is 0. The molecule has 0 radical (unpaired) electrons. The maximum absolute atomic E-state index is 5.55. The molecule has 3 heterocycles. The Hall–Kier alpha value is -2.11. The van der Waals surface area contributed by atoms with Crippen LogP contribution in [0.25, 0.3) is 22.2 Å². The van der Waals surface area contributed by atoms with Gasteiger partial charge in [-0.05, 0) is 54.4 Å². The second-order valence-corrected chi connectivity index (χ2v) is 8.32. The number of hydrogen-bond donors (Lipinski definition) is 1. The molecule has 0 atom stereocenters. The lowest BCUT2D eigenvalue weighted by molar-refractivity contribution is 0.174. The predicted molar refractivity (Wildman–Crippen MR) is 109 cm³/mol. The van der Waals surface area contributed by atoms with Crippen LogP contribution >= 0.6 is 11.3 Å². The Morgan fingerprint density at radius 3 is 2.74 bits per heavy atom. The fraction of sp³-hybridized carbons (Fsp3) is 0.409. The van der Waals surface area contributed by atoms with Crippen molar-refractivity contribution in [3.63, 3.8) is 0 Å². The van der Waals surface area contributed by atoms with Crippen LogP contribution in [-0.4, -0.2) is 18.3 Å². The van der Waals surface area contributed by atoms with Crippen molar-refractivity contribution in [2.75, 3.05) is 13.3 Å². The molecule has 1 N–H and O–H groups in total. The Balaban J connectivity index is 1.45. The molecule has 5 heteroatoms. The molecule has 0 unspecified atom stereocenters. The molecule has 27 heavy (non-hydrogen) atoms. The van der Waals surface area contributed by atoms with Crippen molar-refractivity contribution in [3.8, 4) is 22.8 Å². The first-order valence-corrected chi connectivity index (χ1v) is 10.8. The Morgan fingerprint density at radius 1 is 1.07 bits per heavy atom. The molecule has 0 saturated heterocycles. The van der Waals surface area contributed by atoms with Crippen molar-refractivity contribution in [1.29, 1.82) is 0 Å². The van der Waals surface area contributed by atoms with E-state index in [-0.39, 0.29) is 0 Å². The Morgan fingerprint density at radius 2 is 1.93 bits per heavy atom. The van der Waals surface area contributed by atoms with E-state index in [0.29, 0.717) is 6.79 Å². The number of benzene rings is 1. The zero-order chi connectivity index (χ0) is 18.1. The third-order valence-corrected chi connectivity index (χ3v) is 6.34. The average Bonchev–Trinajstić information content (AvgIpc) is 3.38. The lowest BCUT2D eigenvalue weighted by Gasteiger charge is -2.22. The molecule has 0 bridgehead atoms. The van der Waals surface area contributed by atoms with Crippen LogP contribution in [0.5, 0.6) is 11.5 Å². The van der Waals surface area contributed by atoms with Gasteiger partial charge >= 0.3 is 0 Å². The third-order valence-electron chi connectivity index (χ3n) is 5.66. The normalized spacial score (nSPS) is 16.9.